The molecule has 3 nitrogen and oxygen atoms in total. The molecule has 0 aromatic heterocycles. The van der Waals surface area contributed by atoms with Crippen LogP contribution in [-0.4, -0.2) is 25.9 Å². The lowest BCUT2D eigenvalue weighted by Crippen LogP contribution is -2.37. The molecule has 1 heterocycles. The molecule has 0 radical (unpaired) electrons. The van der Waals surface area contributed by atoms with Gasteiger partial charge in [0.15, 0.2) is 0 Å². The number of benzene rings is 1. The fraction of sp³-hybridized carbons (Fsp3) is 0.600. The summed E-state index contributed by atoms with van der Waals surface area (Å²) in [6, 6.07) is 8.52. The first-order valence-electron chi connectivity index (χ1n) is 6.69. The lowest BCUT2D eigenvalue weighted by Gasteiger charge is -2.27. The lowest BCUT2D eigenvalue weighted by molar-refractivity contribution is -0.131. The van der Waals surface area contributed by atoms with Crippen LogP contribution in [0.3, 0.4) is 0 Å². The molecule has 1 saturated heterocycles. The van der Waals surface area contributed by atoms with E-state index < -0.39 is 0 Å². The Morgan fingerprint density at radius 1 is 1.28 bits per heavy atom. The Labute approximate surface area is 109 Å². The molecule has 3 heteroatoms. The van der Waals surface area contributed by atoms with Crippen LogP contribution in [0.2, 0.25) is 0 Å². The summed E-state index contributed by atoms with van der Waals surface area (Å²) in [6.07, 6.45) is 1.36. The van der Waals surface area contributed by atoms with Gasteiger partial charge in [-0.1, -0.05) is 38.1 Å². The van der Waals surface area contributed by atoms with Crippen LogP contribution in [0.1, 0.15) is 31.0 Å². The van der Waals surface area contributed by atoms with Crippen LogP contribution in [0, 0.1) is 5.92 Å². The quantitative estimate of drug-likeness (QED) is 0.841. The zero-order valence-corrected chi connectivity index (χ0v) is 11.3. The largest absolute Gasteiger partial charge is 0.376 e. The normalized spacial score (nSPS) is 17.8. The van der Waals surface area contributed by atoms with Crippen molar-refractivity contribution in [2.24, 2.45) is 11.7 Å². The molecular weight excluding hydrogens is 226 g/mol. The molecule has 1 aliphatic heterocycles. The summed E-state index contributed by atoms with van der Waals surface area (Å²) in [5.41, 5.74) is 8.62. The van der Waals surface area contributed by atoms with Crippen molar-refractivity contribution in [2.45, 2.75) is 32.4 Å². The highest BCUT2D eigenvalue weighted by Gasteiger charge is 2.20. The summed E-state index contributed by atoms with van der Waals surface area (Å²) in [7, 11) is 0. The van der Waals surface area contributed by atoms with Gasteiger partial charge in [-0.15, -0.1) is 0 Å². The minimum absolute atomic E-state index is 0.0429. The zero-order valence-electron chi connectivity index (χ0n) is 11.3. The van der Waals surface area contributed by atoms with Crippen LogP contribution in [0.15, 0.2) is 24.3 Å². The molecule has 0 amide bonds. The van der Waals surface area contributed by atoms with Crippen LogP contribution < -0.4 is 5.73 Å². The van der Waals surface area contributed by atoms with Gasteiger partial charge in [0.25, 0.3) is 0 Å². The standard InChI is InChI=1S/C15H23NO2/c1-11(2)7-12-3-5-13(6-4-12)15(16)10-18-14-8-17-9-14/h3-6,11,14-15H,7-10,16H2,1-2H3. The predicted molar refractivity (Wildman–Crippen MR) is 72.5 cm³/mol. The molecule has 1 aromatic carbocycles. The van der Waals surface area contributed by atoms with Crippen molar-refractivity contribution < 1.29 is 9.47 Å². The molecule has 100 valence electrons. The van der Waals surface area contributed by atoms with Gasteiger partial charge in [-0.2, -0.15) is 0 Å². The van der Waals surface area contributed by atoms with E-state index in [9.17, 15) is 0 Å². The molecular formula is C15H23NO2. The van der Waals surface area contributed by atoms with Crippen molar-refractivity contribution >= 4 is 0 Å². The molecule has 0 spiro atoms. The first-order chi connectivity index (χ1) is 8.65. The van der Waals surface area contributed by atoms with Crippen molar-refractivity contribution in [3.63, 3.8) is 0 Å². The van der Waals surface area contributed by atoms with Gasteiger partial charge in [0.05, 0.1) is 25.9 Å². The Hall–Kier alpha value is -0.900. The van der Waals surface area contributed by atoms with Gasteiger partial charge in [0, 0.05) is 0 Å². The van der Waals surface area contributed by atoms with Crippen LogP contribution in [0.5, 0.6) is 0 Å². The van der Waals surface area contributed by atoms with E-state index in [1.165, 1.54) is 5.56 Å². The van der Waals surface area contributed by atoms with E-state index >= 15 is 0 Å². The van der Waals surface area contributed by atoms with E-state index in [0.29, 0.717) is 25.7 Å². The highest BCUT2D eigenvalue weighted by Crippen LogP contribution is 2.16. The molecule has 1 unspecified atom stereocenters. The Kier molecular flexibility index (Phi) is 4.75. The van der Waals surface area contributed by atoms with Crippen molar-refractivity contribution in [3.8, 4) is 0 Å². The fourth-order valence-corrected chi connectivity index (χ4v) is 2.02. The van der Waals surface area contributed by atoms with Gasteiger partial charge in [-0.25, -0.2) is 0 Å². The fourth-order valence-electron chi connectivity index (χ4n) is 2.02. The SMILES string of the molecule is CC(C)Cc1ccc(C(N)COC2COC2)cc1. The number of hydrogen-bond acceptors (Lipinski definition) is 3. The van der Waals surface area contributed by atoms with E-state index in [1.54, 1.807) is 0 Å². The first kappa shape index (κ1) is 13.5. The molecule has 2 rings (SSSR count). The van der Waals surface area contributed by atoms with Gasteiger partial charge >= 0.3 is 0 Å². The Bertz CT molecular complexity index is 357. The van der Waals surface area contributed by atoms with Crippen molar-refractivity contribution in [2.75, 3.05) is 19.8 Å². The van der Waals surface area contributed by atoms with Crippen LogP contribution in [0.25, 0.3) is 0 Å². The van der Waals surface area contributed by atoms with E-state index in [-0.39, 0.29) is 12.1 Å². The van der Waals surface area contributed by atoms with E-state index in [4.69, 9.17) is 15.2 Å². The van der Waals surface area contributed by atoms with E-state index in [0.717, 1.165) is 12.0 Å². The van der Waals surface area contributed by atoms with Gasteiger partial charge in [0.2, 0.25) is 0 Å². The maximum Gasteiger partial charge on any atom is 0.104 e. The van der Waals surface area contributed by atoms with Crippen LogP contribution >= 0.6 is 0 Å². The number of nitrogens with two attached hydrogens (primary N) is 1. The molecule has 1 aromatic rings. The topological polar surface area (TPSA) is 44.5 Å². The molecule has 0 bridgehead atoms. The highest BCUT2D eigenvalue weighted by molar-refractivity contribution is 5.25. The monoisotopic (exact) mass is 249 g/mol. The van der Waals surface area contributed by atoms with E-state index in [2.05, 4.69) is 38.1 Å². The molecule has 0 saturated carbocycles. The van der Waals surface area contributed by atoms with Gasteiger partial charge in [0.1, 0.15) is 6.10 Å². The number of hydrogen-bond donors (Lipinski definition) is 1. The molecule has 1 aliphatic rings. The van der Waals surface area contributed by atoms with Crippen molar-refractivity contribution in [3.05, 3.63) is 35.4 Å². The van der Waals surface area contributed by atoms with E-state index in [1.807, 2.05) is 0 Å². The first-order valence-corrected chi connectivity index (χ1v) is 6.69. The third-order valence-electron chi connectivity index (χ3n) is 3.17. The lowest BCUT2D eigenvalue weighted by atomic mass is 10.00. The van der Waals surface area contributed by atoms with Crippen molar-refractivity contribution in [1.29, 1.82) is 0 Å². The molecule has 18 heavy (non-hydrogen) atoms. The number of rotatable bonds is 6. The maximum atomic E-state index is 6.11. The third kappa shape index (κ3) is 3.80. The summed E-state index contributed by atoms with van der Waals surface area (Å²) >= 11 is 0. The number of ether oxygens (including phenoxy) is 2. The van der Waals surface area contributed by atoms with Crippen LogP contribution in [-0.2, 0) is 15.9 Å². The summed E-state index contributed by atoms with van der Waals surface area (Å²) < 4.78 is 10.7. The highest BCUT2D eigenvalue weighted by atomic mass is 16.6. The molecule has 0 aliphatic carbocycles. The molecule has 2 N–H and O–H groups in total. The second-order valence-electron chi connectivity index (χ2n) is 5.44. The Morgan fingerprint density at radius 3 is 2.44 bits per heavy atom. The summed E-state index contributed by atoms with van der Waals surface area (Å²) in [6.45, 7) is 6.44. The third-order valence-corrected chi connectivity index (χ3v) is 3.17. The summed E-state index contributed by atoms with van der Waals surface area (Å²) in [4.78, 5) is 0. The summed E-state index contributed by atoms with van der Waals surface area (Å²) in [5.74, 6) is 0.687. The molecule has 1 atom stereocenters. The minimum Gasteiger partial charge on any atom is -0.376 e. The second kappa shape index (κ2) is 6.32. The van der Waals surface area contributed by atoms with Gasteiger partial charge in [-0.3, -0.25) is 0 Å². The minimum atomic E-state index is -0.0429. The average molecular weight is 249 g/mol. The predicted octanol–water partition coefficient (Wildman–Crippen LogP) is 2.30. The van der Waals surface area contributed by atoms with Gasteiger partial charge < -0.3 is 15.2 Å². The smallest absolute Gasteiger partial charge is 0.104 e. The van der Waals surface area contributed by atoms with Gasteiger partial charge in [-0.05, 0) is 23.5 Å². The Morgan fingerprint density at radius 2 is 1.94 bits per heavy atom. The van der Waals surface area contributed by atoms with Crippen molar-refractivity contribution in [1.82, 2.24) is 0 Å². The van der Waals surface area contributed by atoms with Crippen LogP contribution in [0.4, 0.5) is 0 Å². The zero-order chi connectivity index (χ0) is 13.0. The summed E-state index contributed by atoms with van der Waals surface area (Å²) in [5, 5.41) is 0. The maximum absolute atomic E-state index is 6.11. The average Bonchev–Trinajstić information content (AvgIpc) is 2.27. The second-order valence-corrected chi connectivity index (χ2v) is 5.44. The Balaban J connectivity index is 1.83. The molecule has 1 fully saturated rings.